The van der Waals surface area contributed by atoms with Crippen LogP contribution >= 0.6 is 0 Å². The molecule has 2 aliphatic rings. The van der Waals surface area contributed by atoms with Gasteiger partial charge in [-0.3, -0.25) is 4.79 Å². The molecule has 34 heavy (non-hydrogen) atoms. The Balaban J connectivity index is 1.72. The van der Waals surface area contributed by atoms with E-state index in [1.807, 2.05) is 0 Å². The normalized spacial score (nSPS) is 18.4. The van der Waals surface area contributed by atoms with E-state index >= 15 is 0 Å². The van der Waals surface area contributed by atoms with Crippen LogP contribution in [0.3, 0.4) is 0 Å². The number of rotatable bonds is 4. The molecule has 2 aromatic carbocycles. The fourth-order valence-electron chi connectivity index (χ4n) is 4.11. The van der Waals surface area contributed by atoms with Gasteiger partial charge in [-0.25, -0.2) is 4.79 Å². The Morgan fingerprint density at radius 1 is 1.24 bits per heavy atom. The van der Waals surface area contributed by atoms with E-state index in [1.54, 1.807) is 12.1 Å². The van der Waals surface area contributed by atoms with Gasteiger partial charge in [-0.15, -0.1) is 0 Å². The van der Waals surface area contributed by atoms with Gasteiger partial charge >= 0.3 is 12.1 Å². The van der Waals surface area contributed by atoms with Crippen molar-refractivity contribution in [3.63, 3.8) is 0 Å². The van der Waals surface area contributed by atoms with Crippen molar-refractivity contribution in [3.05, 3.63) is 59.2 Å². The van der Waals surface area contributed by atoms with E-state index in [2.05, 4.69) is 5.32 Å². The summed E-state index contributed by atoms with van der Waals surface area (Å²) in [6, 6.07) is 7.76. The van der Waals surface area contributed by atoms with Crippen LogP contribution in [-0.4, -0.2) is 56.2 Å². The second-order valence-electron chi connectivity index (χ2n) is 7.85. The number of esters is 1. The van der Waals surface area contributed by atoms with Gasteiger partial charge in [0.2, 0.25) is 5.91 Å². The van der Waals surface area contributed by atoms with Gasteiger partial charge in [-0.1, -0.05) is 18.2 Å². The van der Waals surface area contributed by atoms with Crippen molar-refractivity contribution < 1.29 is 37.3 Å². The SMILES string of the molecule is COC(=O)C1CNCCN1C(=O)/C=C/c1cccc(C(F)(F)F)c1-c1ccc2c(c1)CCOO2. The maximum atomic E-state index is 13.9. The highest BCUT2D eigenvalue weighted by atomic mass is 19.4. The molecule has 2 aromatic rings. The predicted molar refractivity (Wildman–Crippen MR) is 117 cm³/mol. The molecule has 2 heterocycles. The molecule has 4 rings (SSSR count). The Hall–Kier alpha value is -3.37. The van der Waals surface area contributed by atoms with Crippen LogP contribution in [0.4, 0.5) is 13.2 Å². The van der Waals surface area contributed by atoms with Crippen LogP contribution in [0.1, 0.15) is 16.7 Å². The molecule has 10 heteroatoms. The standard InChI is InChI=1S/C24H23F3N2O5/c1-32-23(31)19-14-28-10-11-29(19)21(30)8-6-15-3-2-4-18(24(25,26)27)22(15)17-5-7-20-16(13-17)9-12-33-34-20/h2-8,13,19,28H,9-12,14H2,1H3/b8-6+. The Labute approximate surface area is 194 Å². The van der Waals surface area contributed by atoms with Crippen LogP contribution in [-0.2, 0) is 31.8 Å². The zero-order chi connectivity index (χ0) is 24.3. The molecule has 1 amide bonds. The van der Waals surface area contributed by atoms with E-state index in [9.17, 15) is 22.8 Å². The molecule has 1 atom stereocenters. The van der Waals surface area contributed by atoms with Crippen LogP contribution < -0.4 is 10.2 Å². The number of hydrogen-bond donors (Lipinski definition) is 1. The maximum Gasteiger partial charge on any atom is 0.417 e. The first kappa shape index (κ1) is 23.8. The molecule has 1 saturated heterocycles. The number of methoxy groups -OCH3 is 1. The van der Waals surface area contributed by atoms with Crippen molar-refractivity contribution in [1.82, 2.24) is 10.2 Å². The number of carbonyl (C=O) groups is 2. The molecule has 180 valence electrons. The first-order chi connectivity index (χ1) is 16.3. The van der Waals surface area contributed by atoms with Crippen molar-refractivity contribution in [2.24, 2.45) is 0 Å². The average molecular weight is 476 g/mol. The minimum absolute atomic E-state index is 0.0434. The van der Waals surface area contributed by atoms with E-state index in [0.29, 0.717) is 30.9 Å². The van der Waals surface area contributed by atoms with Gasteiger partial charge in [0.15, 0.2) is 5.75 Å². The minimum Gasteiger partial charge on any atom is -0.467 e. The summed E-state index contributed by atoms with van der Waals surface area (Å²) in [4.78, 5) is 36.3. The molecule has 0 aliphatic carbocycles. The molecule has 2 aliphatic heterocycles. The lowest BCUT2D eigenvalue weighted by atomic mass is 9.92. The highest BCUT2D eigenvalue weighted by Gasteiger charge is 2.35. The van der Waals surface area contributed by atoms with E-state index < -0.39 is 29.7 Å². The number of carbonyl (C=O) groups excluding carboxylic acids is 2. The molecule has 1 fully saturated rings. The maximum absolute atomic E-state index is 13.9. The number of piperazine rings is 1. The summed E-state index contributed by atoms with van der Waals surface area (Å²) in [5.74, 6) is -0.593. The first-order valence-electron chi connectivity index (χ1n) is 10.7. The molecule has 1 N–H and O–H groups in total. The number of halogens is 3. The third kappa shape index (κ3) is 4.92. The summed E-state index contributed by atoms with van der Waals surface area (Å²) in [6.07, 6.45) is -1.57. The fraction of sp³-hybridized carbons (Fsp3) is 0.333. The zero-order valence-corrected chi connectivity index (χ0v) is 18.4. The van der Waals surface area contributed by atoms with E-state index in [-0.39, 0.29) is 24.2 Å². The van der Waals surface area contributed by atoms with Gasteiger partial charge < -0.3 is 19.8 Å². The van der Waals surface area contributed by atoms with E-state index in [0.717, 1.165) is 11.6 Å². The van der Waals surface area contributed by atoms with E-state index in [1.165, 1.54) is 42.4 Å². The summed E-state index contributed by atoms with van der Waals surface area (Å²) in [5, 5.41) is 3.03. The highest BCUT2D eigenvalue weighted by molar-refractivity contribution is 5.96. The number of fused-ring (bicyclic) bond motifs is 1. The summed E-state index contributed by atoms with van der Waals surface area (Å²) in [7, 11) is 1.24. The molecular weight excluding hydrogens is 453 g/mol. The van der Waals surface area contributed by atoms with Gasteiger partial charge in [0.05, 0.1) is 19.3 Å². The molecule has 0 spiro atoms. The number of nitrogens with zero attached hydrogens (tertiary/aromatic N) is 1. The van der Waals surface area contributed by atoms with Gasteiger partial charge in [-0.2, -0.15) is 18.1 Å². The quantitative estimate of drug-likeness (QED) is 0.415. The third-order valence-electron chi connectivity index (χ3n) is 5.76. The molecule has 0 aromatic heterocycles. The third-order valence-corrected chi connectivity index (χ3v) is 5.76. The summed E-state index contributed by atoms with van der Waals surface area (Å²) in [6.45, 7) is 1.29. The predicted octanol–water partition coefficient (Wildman–Crippen LogP) is 3.23. The van der Waals surface area contributed by atoms with Crippen LogP contribution in [0.2, 0.25) is 0 Å². The summed E-state index contributed by atoms with van der Waals surface area (Å²) in [5.41, 5.74) is 0.441. The lowest BCUT2D eigenvalue weighted by Crippen LogP contribution is -2.56. The van der Waals surface area contributed by atoms with Crippen LogP contribution in [0.5, 0.6) is 5.75 Å². The van der Waals surface area contributed by atoms with Crippen LogP contribution in [0, 0.1) is 0 Å². The number of hydrogen-bond acceptors (Lipinski definition) is 6. The van der Waals surface area contributed by atoms with E-state index in [4.69, 9.17) is 14.5 Å². The summed E-state index contributed by atoms with van der Waals surface area (Å²) < 4.78 is 46.5. The van der Waals surface area contributed by atoms with Crippen molar-refractivity contribution in [3.8, 4) is 16.9 Å². The molecule has 1 unspecified atom stereocenters. The Morgan fingerprint density at radius 3 is 2.82 bits per heavy atom. The van der Waals surface area contributed by atoms with Gasteiger partial charge in [-0.05, 0) is 35.4 Å². The van der Waals surface area contributed by atoms with Crippen LogP contribution in [0.25, 0.3) is 17.2 Å². The lowest BCUT2D eigenvalue weighted by Gasteiger charge is -2.33. The lowest BCUT2D eigenvalue weighted by molar-refractivity contribution is -0.215. The van der Waals surface area contributed by atoms with Gasteiger partial charge in [0, 0.05) is 43.3 Å². The summed E-state index contributed by atoms with van der Waals surface area (Å²) >= 11 is 0. The Kier molecular flexibility index (Phi) is 6.90. The number of benzene rings is 2. The Morgan fingerprint density at radius 2 is 2.06 bits per heavy atom. The molecule has 0 saturated carbocycles. The van der Waals surface area contributed by atoms with Crippen molar-refractivity contribution in [1.29, 1.82) is 0 Å². The van der Waals surface area contributed by atoms with Crippen molar-refractivity contribution >= 4 is 18.0 Å². The molecule has 7 nitrogen and oxygen atoms in total. The number of nitrogens with one attached hydrogen (secondary N) is 1. The minimum atomic E-state index is -4.60. The largest absolute Gasteiger partial charge is 0.467 e. The average Bonchev–Trinajstić information content (AvgIpc) is 2.85. The smallest absolute Gasteiger partial charge is 0.417 e. The second-order valence-corrected chi connectivity index (χ2v) is 7.85. The van der Waals surface area contributed by atoms with Crippen molar-refractivity contribution in [2.75, 3.05) is 33.4 Å². The van der Waals surface area contributed by atoms with Crippen LogP contribution in [0.15, 0.2) is 42.5 Å². The molecule has 0 radical (unpaired) electrons. The monoisotopic (exact) mass is 476 g/mol. The van der Waals surface area contributed by atoms with Gasteiger partial charge in [0.1, 0.15) is 6.04 Å². The molecular formula is C24H23F3N2O5. The second kappa shape index (κ2) is 9.86. The number of amides is 1. The Bertz CT molecular complexity index is 1120. The number of ether oxygens (including phenoxy) is 1. The molecule has 0 bridgehead atoms. The topological polar surface area (TPSA) is 77.1 Å². The number of alkyl halides is 3. The van der Waals surface area contributed by atoms with Gasteiger partial charge in [0.25, 0.3) is 0 Å². The zero-order valence-electron chi connectivity index (χ0n) is 18.4. The fourth-order valence-corrected chi connectivity index (χ4v) is 4.11. The van der Waals surface area contributed by atoms with Crippen molar-refractivity contribution in [2.45, 2.75) is 18.6 Å². The highest BCUT2D eigenvalue weighted by Crippen LogP contribution is 2.41. The first-order valence-corrected chi connectivity index (χ1v) is 10.7.